The van der Waals surface area contributed by atoms with Gasteiger partial charge in [0.05, 0.1) is 0 Å². The van der Waals surface area contributed by atoms with E-state index in [1.807, 2.05) is 13.0 Å². The van der Waals surface area contributed by atoms with Crippen molar-refractivity contribution in [2.24, 2.45) is 0 Å². The van der Waals surface area contributed by atoms with Gasteiger partial charge >= 0.3 is 0 Å². The fourth-order valence-corrected chi connectivity index (χ4v) is 1.26. The molecule has 2 radical (unpaired) electrons. The first kappa shape index (κ1) is 10.3. The lowest BCUT2D eigenvalue weighted by Crippen LogP contribution is -2.07. The first-order chi connectivity index (χ1) is 6.01. The molecule has 0 saturated heterocycles. The summed E-state index contributed by atoms with van der Waals surface area (Å²) in [6, 6.07) is 0. The lowest BCUT2D eigenvalue weighted by molar-refractivity contribution is 0.366. The van der Waals surface area contributed by atoms with Gasteiger partial charge in [-0.25, -0.2) is 4.39 Å². The molecular weight excluding hydrogens is 162 g/mol. The van der Waals surface area contributed by atoms with Crippen LogP contribution >= 0.6 is 0 Å². The van der Waals surface area contributed by atoms with Crippen LogP contribution < -0.4 is 0 Å². The summed E-state index contributed by atoms with van der Waals surface area (Å²) in [5.74, 6) is 0. The predicted molar refractivity (Wildman–Crippen MR) is 55.5 cm³/mol. The maximum absolute atomic E-state index is 13.7. The summed E-state index contributed by atoms with van der Waals surface area (Å²) < 4.78 is 13.7. The SMILES string of the molecule is [B]/C(C(=C)C)=C(/C=C\C)C1(F)CC1. The molecule has 1 aliphatic carbocycles. The van der Waals surface area contributed by atoms with Gasteiger partial charge < -0.3 is 0 Å². The number of hydrogen-bond donors (Lipinski definition) is 0. The summed E-state index contributed by atoms with van der Waals surface area (Å²) in [5.41, 5.74) is 0.660. The van der Waals surface area contributed by atoms with Crippen molar-refractivity contribution >= 4 is 7.85 Å². The first-order valence-electron chi connectivity index (χ1n) is 4.49. The lowest BCUT2D eigenvalue weighted by Gasteiger charge is -2.12. The minimum absolute atomic E-state index is 0.498. The molecule has 0 aromatic heterocycles. The van der Waals surface area contributed by atoms with E-state index in [0.29, 0.717) is 23.9 Å². The molecule has 2 heteroatoms. The lowest BCUT2D eigenvalue weighted by atomic mass is 9.82. The molecule has 0 bridgehead atoms. The highest BCUT2D eigenvalue weighted by molar-refractivity contribution is 6.25. The van der Waals surface area contributed by atoms with E-state index in [0.717, 1.165) is 5.57 Å². The maximum atomic E-state index is 13.7. The number of allylic oxidation sites excluding steroid dienone is 5. The van der Waals surface area contributed by atoms with E-state index in [1.165, 1.54) is 0 Å². The van der Waals surface area contributed by atoms with Crippen LogP contribution in [0, 0.1) is 0 Å². The van der Waals surface area contributed by atoms with Gasteiger partial charge in [-0.2, -0.15) is 0 Å². The molecule has 0 heterocycles. The summed E-state index contributed by atoms with van der Waals surface area (Å²) in [5, 5.41) is 0. The zero-order chi connectivity index (χ0) is 10.1. The highest BCUT2D eigenvalue weighted by Gasteiger charge is 2.46. The molecule has 1 fully saturated rings. The van der Waals surface area contributed by atoms with Crippen LogP contribution in [0.3, 0.4) is 0 Å². The topological polar surface area (TPSA) is 0 Å². The van der Waals surface area contributed by atoms with Crippen LogP contribution in [0.2, 0.25) is 0 Å². The molecule has 0 spiro atoms. The molecule has 0 aliphatic heterocycles. The third-order valence-electron chi connectivity index (χ3n) is 2.25. The molecule has 68 valence electrons. The van der Waals surface area contributed by atoms with E-state index < -0.39 is 5.67 Å². The second kappa shape index (κ2) is 3.53. The van der Waals surface area contributed by atoms with E-state index in [-0.39, 0.29) is 0 Å². The smallest absolute Gasteiger partial charge is 0.135 e. The molecular formula is C11H14BF. The van der Waals surface area contributed by atoms with Crippen molar-refractivity contribution in [3.63, 3.8) is 0 Å². The summed E-state index contributed by atoms with van der Waals surface area (Å²) in [4.78, 5) is 0. The van der Waals surface area contributed by atoms with Crippen LogP contribution in [0.4, 0.5) is 4.39 Å². The highest BCUT2D eigenvalue weighted by Crippen LogP contribution is 2.48. The van der Waals surface area contributed by atoms with Crippen molar-refractivity contribution in [1.29, 1.82) is 0 Å². The second-order valence-corrected chi connectivity index (χ2v) is 3.57. The summed E-state index contributed by atoms with van der Waals surface area (Å²) >= 11 is 0. The molecule has 0 unspecified atom stereocenters. The molecule has 13 heavy (non-hydrogen) atoms. The van der Waals surface area contributed by atoms with Crippen molar-refractivity contribution in [3.05, 3.63) is 35.3 Å². The Balaban J connectivity index is 3.04. The van der Waals surface area contributed by atoms with Gasteiger partial charge in [0.15, 0.2) is 0 Å². The Bertz CT molecular complexity index is 282. The third kappa shape index (κ3) is 2.12. The minimum atomic E-state index is -1.17. The van der Waals surface area contributed by atoms with Crippen LogP contribution in [0.5, 0.6) is 0 Å². The number of alkyl halides is 1. The monoisotopic (exact) mass is 176 g/mol. The summed E-state index contributed by atoms with van der Waals surface area (Å²) in [7, 11) is 5.76. The molecule has 1 saturated carbocycles. The maximum Gasteiger partial charge on any atom is 0.135 e. The highest BCUT2D eigenvalue weighted by atomic mass is 19.1. The van der Waals surface area contributed by atoms with Crippen LogP contribution in [0.1, 0.15) is 26.7 Å². The van der Waals surface area contributed by atoms with E-state index in [2.05, 4.69) is 6.58 Å². The van der Waals surface area contributed by atoms with Gasteiger partial charge in [0.25, 0.3) is 0 Å². The van der Waals surface area contributed by atoms with Gasteiger partial charge in [-0.05, 0) is 32.3 Å². The fraction of sp³-hybridized carbons (Fsp3) is 0.455. The van der Waals surface area contributed by atoms with Crippen molar-refractivity contribution in [3.8, 4) is 0 Å². The quantitative estimate of drug-likeness (QED) is 0.457. The Labute approximate surface area is 80.6 Å². The molecule has 0 aromatic rings. The molecule has 0 atom stereocenters. The minimum Gasteiger partial charge on any atom is -0.239 e. The van der Waals surface area contributed by atoms with Crippen LogP contribution in [0.15, 0.2) is 35.3 Å². The van der Waals surface area contributed by atoms with Crippen LogP contribution in [0.25, 0.3) is 0 Å². The predicted octanol–water partition coefficient (Wildman–Crippen LogP) is 3.06. The van der Waals surface area contributed by atoms with Gasteiger partial charge in [0.2, 0.25) is 0 Å². The van der Waals surface area contributed by atoms with E-state index in [9.17, 15) is 4.39 Å². The normalized spacial score (nSPS) is 21.5. The van der Waals surface area contributed by atoms with E-state index in [4.69, 9.17) is 7.85 Å². The standard InChI is InChI=1S/C11H14BF/c1-4-5-9(10(12)8(2)3)11(13)6-7-11/h4-5H,2,6-7H2,1,3H3/b5-4-,10-9-. The summed E-state index contributed by atoms with van der Waals surface area (Å²) in [6.45, 7) is 7.37. The average Bonchev–Trinajstić information content (AvgIpc) is 2.79. The molecule has 0 nitrogen and oxygen atoms in total. The van der Waals surface area contributed by atoms with E-state index in [1.54, 1.807) is 13.0 Å². The zero-order valence-electron chi connectivity index (χ0n) is 8.23. The number of halogens is 1. The van der Waals surface area contributed by atoms with Crippen LogP contribution in [-0.4, -0.2) is 13.5 Å². The zero-order valence-corrected chi connectivity index (χ0v) is 8.23. The Morgan fingerprint density at radius 2 is 2.08 bits per heavy atom. The molecule has 0 aromatic carbocycles. The third-order valence-corrected chi connectivity index (χ3v) is 2.25. The number of hydrogen-bond acceptors (Lipinski definition) is 0. The summed E-state index contributed by atoms with van der Waals surface area (Å²) in [6.07, 6.45) is 4.73. The molecule has 1 aliphatic rings. The van der Waals surface area contributed by atoms with Gasteiger partial charge in [0, 0.05) is 0 Å². The largest absolute Gasteiger partial charge is 0.239 e. The van der Waals surface area contributed by atoms with E-state index >= 15 is 0 Å². The Morgan fingerprint density at radius 1 is 1.54 bits per heavy atom. The van der Waals surface area contributed by atoms with Crippen molar-refractivity contribution in [1.82, 2.24) is 0 Å². The molecule has 0 amide bonds. The molecule has 1 rings (SSSR count). The Kier molecular flexibility index (Phi) is 2.79. The van der Waals surface area contributed by atoms with Gasteiger partial charge in [-0.3, -0.25) is 0 Å². The van der Waals surface area contributed by atoms with Gasteiger partial charge in [-0.1, -0.05) is 29.8 Å². The average molecular weight is 176 g/mol. The first-order valence-corrected chi connectivity index (χ1v) is 4.49. The van der Waals surface area contributed by atoms with Gasteiger partial charge in [0.1, 0.15) is 13.5 Å². The van der Waals surface area contributed by atoms with Crippen molar-refractivity contribution < 1.29 is 4.39 Å². The van der Waals surface area contributed by atoms with Crippen molar-refractivity contribution in [2.45, 2.75) is 32.4 Å². The molecule has 0 N–H and O–H groups in total. The second-order valence-electron chi connectivity index (χ2n) is 3.57. The Morgan fingerprint density at radius 3 is 2.38 bits per heavy atom. The Hall–Kier alpha value is -0.785. The van der Waals surface area contributed by atoms with Crippen LogP contribution in [-0.2, 0) is 0 Å². The number of rotatable bonds is 3. The van der Waals surface area contributed by atoms with Crippen molar-refractivity contribution in [2.75, 3.05) is 0 Å². The van der Waals surface area contributed by atoms with Gasteiger partial charge in [-0.15, -0.1) is 0 Å². The fourth-order valence-electron chi connectivity index (χ4n) is 1.26.